The third-order valence-electron chi connectivity index (χ3n) is 7.29. The number of carbonyl (C=O) groups excluding carboxylic acids is 2. The number of nitrogens with one attached hydrogen (secondary N) is 1. The lowest BCUT2D eigenvalue weighted by Gasteiger charge is -2.36. The van der Waals surface area contributed by atoms with Gasteiger partial charge in [0.2, 0.25) is 5.91 Å². The number of para-hydroxylation sites is 2. The highest BCUT2D eigenvalue weighted by Gasteiger charge is 2.38. The Morgan fingerprint density at radius 2 is 1.54 bits per heavy atom. The lowest BCUT2D eigenvalue weighted by atomic mass is 9.97. The molecule has 2 amide bonds. The zero-order valence-corrected chi connectivity index (χ0v) is 19.6. The minimum Gasteiger partial charge on any atom is -0.368 e. The van der Waals surface area contributed by atoms with Crippen LogP contribution >= 0.6 is 0 Å². The topological polar surface area (TPSA) is 59.7 Å². The standard InChI is InChI=1S/C29H28N4O2/c34-27(32-18-16-31(17-19-32)21-8-2-1-3-9-21)14-15-33-28(23-11-4-5-12-24(23)29(33)35)25-20-30-26-13-7-6-10-22(25)26/h1-13,20,28,30H,14-19H2/t28-/m0/s1. The molecule has 176 valence electrons. The van der Waals surface area contributed by atoms with Crippen LogP contribution in [0.3, 0.4) is 0 Å². The molecule has 0 spiro atoms. The van der Waals surface area contributed by atoms with Crippen LogP contribution in [0, 0.1) is 0 Å². The first-order chi connectivity index (χ1) is 17.2. The quantitative estimate of drug-likeness (QED) is 0.475. The van der Waals surface area contributed by atoms with E-state index in [1.165, 1.54) is 5.69 Å². The lowest BCUT2D eigenvalue weighted by molar-refractivity contribution is -0.131. The van der Waals surface area contributed by atoms with Crippen LogP contribution in [0.25, 0.3) is 10.9 Å². The van der Waals surface area contributed by atoms with Crippen LogP contribution in [0.15, 0.2) is 85.1 Å². The minimum absolute atomic E-state index is 0.00224. The summed E-state index contributed by atoms with van der Waals surface area (Å²) in [6, 6.07) is 26.1. The van der Waals surface area contributed by atoms with Gasteiger partial charge in [-0.15, -0.1) is 0 Å². The van der Waals surface area contributed by atoms with Crippen LogP contribution in [0.5, 0.6) is 0 Å². The van der Waals surface area contributed by atoms with Crippen LogP contribution in [0.2, 0.25) is 0 Å². The molecule has 6 nitrogen and oxygen atoms in total. The molecule has 4 aromatic rings. The number of piperazine rings is 1. The Labute approximate surface area is 204 Å². The second-order valence-corrected chi connectivity index (χ2v) is 9.23. The van der Waals surface area contributed by atoms with Crippen molar-refractivity contribution in [3.8, 4) is 0 Å². The summed E-state index contributed by atoms with van der Waals surface area (Å²) >= 11 is 0. The number of hydrogen-bond donors (Lipinski definition) is 1. The number of anilines is 1. The number of fused-ring (bicyclic) bond motifs is 2. The van der Waals surface area contributed by atoms with E-state index in [2.05, 4.69) is 28.1 Å². The zero-order chi connectivity index (χ0) is 23.8. The number of amides is 2. The Balaban J connectivity index is 1.18. The van der Waals surface area contributed by atoms with Crippen molar-refractivity contribution in [2.45, 2.75) is 12.5 Å². The molecule has 35 heavy (non-hydrogen) atoms. The van der Waals surface area contributed by atoms with E-state index < -0.39 is 0 Å². The molecule has 3 heterocycles. The van der Waals surface area contributed by atoms with E-state index >= 15 is 0 Å². The van der Waals surface area contributed by atoms with Gasteiger partial charge in [0.05, 0.1) is 6.04 Å². The maximum absolute atomic E-state index is 13.4. The van der Waals surface area contributed by atoms with Gasteiger partial charge in [0, 0.05) is 73.1 Å². The van der Waals surface area contributed by atoms with E-state index in [4.69, 9.17) is 0 Å². The second-order valence-electron chi connectivity index (χ2n) is 9.23. The van der Waals surface area contributed by atoms with Crippen LogP contribution in [0.4, 0.5) is 5.69 Å². The summed E-state index contributed by atoms with van der Waals surface area (Å²) in [4.78, 5) is 36.0. The van der Waals surface area contributed by atoms with Gasteiger partial charge in [-0.2, -0.15) is 0 Å². The van der Waals surface area contributed by atoms with Gasteiger partial charge in [-0.3, -0.25) is 9.59 Å². The van der Waals surface area contributed by atoms with E-state index in [1.54, 1.807) is 0 Å². The molecule has 6 rings (SSSR count). The Hall–Kier alpha value is -4.06. The molecule has 0 aliphatic carbocycles. The summed E-state index contributed by atoms with van der Waals surface area (Å²) in [5.41, 5.74) is 5.05. The van der Waals surface area contributed by atoms with Gasteiger partial charge in [-0.05, 0) is 29.8 Å². The first-order valence-electron chi connectivity index (χ1n) is 12.2. The maximum Gasteiger partial charge on any atom is 0.255 e. The van der Waals surface area contributed by atoms with Crippen molar-refractivity contribution in [1.29, 1.82) is 0 Å². The minimum atomic E-state index is -0.197. The van der Waals surface area contributed by atoms with Crippen molar-refractivity contribution in [3.05, 3.63) is 102 Å². The molecule has 0 unspecified atom stereocenters. The fourth-order valence-corrected chi connectivity index (χ4v) is 5.48. The highest BCUT2D eigenvalue weighted by molar-refractivity contribution is 6.01. The summed E-state index contributed by atoms with van der Waals surface area (Å²) in [6.45, 7) is 3.45. The van der Waals surface area contributed by atoms with Crippen molar-refractivity contribution < 1.29 is 9.59 Å². The molecule has 0 radical (unpaired) electrons. The lowest BCUT2D eigenvalue weighted by Crippen LogP contribution is -2.49. The second kappa shape index (κ2) is 8.95. The summed E-state index contributed by atoms with van der Waals surface area (Å²) in [5.74, 6) is 0.108. The molecule has 2 aliphatic heterocycles. The first kappa shape index (κ1) is 21.5. The Kier molecular flexibility index (Phi) is 5.49. The van der Waals surface area contributed by atoms with E-state index in [0.717, 1.165) is 40.7 Å². The van der Waals surface area contributed by atoms with Crippen molar-refractivity contribution in [2.75, 3.05) is 37.6 Å². The molecular weight excluding hydrogens is 436 g/mol. The molecule has 0 saturated carbocycles. The molecule has 1 N–H and O–H groups in total. The predicted octanol–water partition coefficient (Wildman–Crippen LogP) is 4.45. The normalized spacial score (nSPS) is 17.8. The maximum atomic E-state index is 13.4. The first-order valence-corrected chi connectivity index (χ1v) is 12.2. The number of rotatable bonds is 5. The molecule has 2 aliphatic rings. The van der Waals surface area contributed by atoms with Crippen molar-refractivity contribution in [1.82, 2.24) is 14.8 Å². The molecule has 1 atom stereocenters. The number of carbonyl (C=O) groups is 2. The summed E-state index contributed by atoms with van der Waals surface area (Å²) in [7, 11) is 0. The Morgan fingerprint density at radius 1 is 0.829 bits per heavy atom. The molecule has 3 aromatic carbocycles. The number of aromatic amines is 1. The van der Waals surface area contributed by atoms with Crippen molar-refractivity contribution in [2.24, 2.45) is 0 Å². The van der Waals surface area contributed by atoms with Gasteiger partial charge < -0.3 is 19.7 Å². The van der Waals surface area contributed by atoms with E-state index in [0.29, 0.717) is 26.1 Å². The van der Waals surface area contributed by atoms with Gasteiger partial charge in [0.1, 0.15) is 0 Å². The van der Waals surface area contributed by atoms with Gasteiger partial charge in [-0.25, -0.2) is 0 Å². The van der Waals surface area contributed by atoms with E-state index in [9.17, 15) is 9.59 Å². The Bertz CT molecular complexity index is 1370. The number of aromatic nitrogens is 1. The number of benzene rings is 3. The monoisotopic (exact) mass is 464 g/mol. The highest BCUT2D eigenvalue weighted by Crippen LogP contribution is 2.41. The fraction of sp³-hybridized carbons (Fsp3) is 0.241. The Morgan fingerprint density at radius 3 is 2.37 bits per heavy atom. The van der Waals surface area contributed by atoms with Gasteiger partial charge >= 0.3 is 0 Å². The van der Waals surface area contributed by atoms with Crippen LogP contribution < -0.4 is 4.90 Å². The number of nitrogens with zero attached hydrogens (tertiary/aromatic N) is 3. The van der Waals surface area contributed by atoms with Gasteiger partial charge in [0.15, 0.2) is 0 Å². The molecular formula is C29H28N4O2. The molecule has 0 bridgehead atoms. The van der Waals surface area contributed by atoms with Crippen molar-refractivity contribution >= 4 is 28.4 Å². The third-order valence-corrected chi connectivity index (χ3v) is 7.29. The number of hydrogen-bond acceptors (Lipinski definition) is 3. The summed E-state index contributed by atoms with van der Waals surface area (Å²) in [6.07, 6.45) is 2.33. The average molecular weight is 465 g/mol. The van der Waals surface area contributed by atoms with Crippen LogP contribution in [-0.4, -0.2) is 59.3 Å². The summed E-state index contributed by atoms with van der Waals surface area (Å²) < 4.78 is 0. The average Bonchev–Trinajstić information content (AvgIpc) is 3.46. The smallest absolute Gasteiger partial charge is 0.255 e. The molecule has 1 fully saturated rings. The largest absolute Gasteiger partial charge is 0.368 e. The van der Waals surface area contributed by atoms with E-state index in [1.807, 2.05) is 76.7 Å². The third kappa shape index (κ3) is 3.85. The predicted molar refractivity (Wildman–Crippen MR) is 137 cm³/mol. The highest BCUT2D eigenvalue weighted by atomic mass is 16.2. The van der Waals surface area contributed by atoms with Gasteiger partial charge in [0.25, 0.3) is 5.91 Å². The van der Waals surface area contributed by atoms with Crippen LogP contribution in [-0.2, 0) is 4.79 Å². The number of H-pyrrole nitrogens is 1. The van der Waals surface area contributed by atoms with Crippen molar-refractivity contribution in [3.63, 3.8) is 0 Å². The molecule has 1 aromatic heterocycles. The zero-order valence-electron chi connectivity index (χ0n) is 19.6. The summed E-state index contributed by atoms with van der Waals surface area (Å²) in [5, 5.41) is 1.11. The SMILES string of the molecule is O=C(CCN1C(=O)c2ccccc2[C@H]1c1c[nH]c2ccccc12)N1CCN(c2ccccc2)CC1. The molecule has 1 saturated heterocycles. The van der Waals surface area contributed by atoms with Gasteiger partial charge in [-0.1, -0.05) is 54.6 Å². The molecule has 6 heteroatoms. The fourth-order valence-electron chi connectivity index (χ4n) is 5.48. The van der Waals surface area contributed by atoms with E-state index in [-0.39, 0.29) is 17.9 Å². The van der Waals surface area contributed by atoms with Crippen LogP contribution in [0.1, 0.15) is 33.9 Å².